The van der Waals surface area contributed by atoms with E-state index in [-0.39, 0.29) is 18.8 Å². The predicted octanol–water partition coefficient (Wildman–Crippen LogP) is 4.10. The molecular weight excluding hydrogens is 472 g/mol. The van der Waals surface area contributed by atoms with Crippen LogP contribution in [0.25, 0.3) is 0 Å². The minimum atomic E-state index is -0.914. The van der Waals surface area contributed by atoms with Gasteiger partial charge in [0.1, 0.15) is 5.84 Å². The van der Waals surface area contributed by atoms with Crippen LogP contribution in [-0.2, 0) is 19.2 Å². The third-order valence-corrected chi connectivity index (χ3v) is 6.04. The van der Waals surface area contributed by atoms with Gasteiger partial charge >= 0.3 is 12.4 Å². The topological polar surface area (TPSA) is 119 Å². The zero-order valence-electron chi connectivity index (χ0n) is 19.8. The van der Waals surface area contributed by atoms with Crippen molar-refractivity contribution in [2.75, 3.05) is 24.6 Å². The highest BCUT2D eigenvalue weighted by molar-refractivity contribution is 7.99. The van der Waals surface area contributed by atoms with Crippen LogP contribution >= 0.6 is 11.9 Å². The Labute approximate surface area is 208 Å². The maximum absolute atomic E-state index is 13.5. The fourth-order valence-corrected chi connectivity index (χ4v) is 3.85. The Morgan fingerprint density at radius 1 is 1.26 bits per heavy atom. The van der Waals surface area contributed by atoms with E-state index in [1.807, 2.05) is 45.0 Å². The van der Waals surface area contributed by atoms with E-state index in [0.717, 1.165) is 23.2 Å². The summed E-state index contributed by atoms with van der Waals surface area (Å²) < 4.78 is 8.10. The van der Waals surface area contributed by atoms with E-state index in [1.165, 1.54) is 0 Å². The van der Waals surface area contributed by atoms with E-state index in [2.05, 4.69) is 19.8 Å². The van der Waals surface area contributed by atoms with Gasteiger partial charge in [0.25, 0.3) is 0 Å². The Balaban J connectivity index is 1.97. The molecule has 3 rings (SSSR count). The molecule has 1 heterocycles. The quantitative estimate of drug-likeness (QED) is 0.108. The number of rotatable bonds is 13. The Hall–Kier alpha value is -3.60. The minimum absolute atomic E-state index is 0.107. The number of anilines is 2. The molecule has 2 aromatic carbocycles. The van der Waals surface area contributed by atoms with Gasteiger partial charge in [-0.1, -0.05) is 23.8 Å². The molecule has 1 aliphatic heterocycles. The van der Waals surface area contributed by atoms with E-state index in [0.29, 0.717) is 31.0 Å². The van der Waals surface area contributed by atoms with Crippen molar-refractivity contribution < 1.29 is 24.1 Å². The molecular formula is C24H28N4O6S. The normalized spacial score (nSPS) is 13.7. The predicted molar refractivity (Wildman–Crippen MR) is 135 cm³/mol. The fourth-order valence-electron chi connectivity index (χ4n) is 3.47. The molecule has 0 aromatic heterocycles. The van der Waals surface area contributed by atoms with Crippen molar-refractivity contribution in [2.24, 2.45) is 9.57 Å². The number of ether oxygens (including phenoxy) is 1. The number of carbonyl (C=O) groups excluding carboxylic acids is 2. The van der Waals surface area contributed by atoms with Crippen LogP contribution in [0.15, 0.2) is 58.1 Å². The molecule has 186 valence electrons. The molecule has 0 amide bonds. The minimum Gasteiger partial charge on any atom is -0.464 e. The summed E-state index contributed by atoms with van der Waals surface area (Å²) in [6, 6.07) is 13.6. The fraction of sp³-hybridized carbons (Fsp3) is 0.375. The summed E-state index contributed by atoms with van der Waals surface area (Å²) in [4.78, 5) is 50.5. The Morgan fingerprint density at radius 3 is 2.69 bits per heavy atom. The Kier molecular flexibility index (Phi) is 9.07. The second-order valence-corrected chi connectivity index (χ2v) is 9.85. The van der Waals surface area contributed by atoms with Gasteiger partial charge in [-0.25, -0.2) is 4.79 Å². The van der Waals surface area contributed by atoms with Crippen molar-refractivity contribution >= 4 is 41.6 Å². The monoisotopic (exact) mass is 500 g/mol. The van der Waals surface area contributed by atoms with E-state index < -0.39 is 16.8 Å². The molecule has 1 atom stereocenters. The summed E-state index contributed by atoms with van der Waals surface area (Å²) in [6.45, 7) is 7.12. The molecule has 10 nitrogen and oxygen atoms in total. The number of nitroso groups, excluding NO2 is 1. The second kappa shape index (κ2) is 12.2. The van der Waals surface area contributed by atoms with Gasteiger partial charge in [-0.2, -0.15) is 0 Å². The Bertz CT molecular complexity index is 1060. The van der Waals surface area contributed by atoms with Gasteiger partial charge in [0.2, 0.25) is 0 Å². The number of aliphatic imine (C=N–C) groups is 1. The molecule has 0 aliphatic carbocycles. The standard InChI is InChI=1S/C24H28N4O6S/c1-17-7-9-18(10-8-17)28(19-5-4-6-20(15-19)34-33-16-29)21(22-25-12-13-26-22)23(30)32-14-11-24(2,3)35-27-31/h4-10,15-16,21H,11-14H2,1-3H3,(H,25,26). The zero-order valence-corrected chi connectivity index (χ0v) is 20.6. The number of esters is 1. The van der Waals surface area contributed by atoms with Crippen LogP contribution in [0.1, 0.15) is 25.8 Å². The maximum atomic E-state index is 13.5. The summed E-state index contributed by atoms with van der Waals surface area (Å²) in [6.07, 6.45) is 0.443. The van der Waals surface area contributed by atoms with Gasteiger partial charge in [-0.3, -0.25) is 19.6 Å². The van der Waals surface area contributed by atoms with Gasteiger partial charge in [-0.15, -0.1) is 4.91 Å². The van der Waals surface area contributed by atoms with Crippen molar-refractivity contribution in [3.05, 3.63) is 59.0 Å². The van der Waals surface area contributed by atoms with Crippen LogP contribution in [0.3, 0.4) is 0 Å². The molecule has 0 saturated carbocycles. The highest BCUT2D eigenvalue weighted by Gasteiger charge is 2.36. The number of amidine groups is 1. The lowest BCUT2D eigenvalue weighted by Gasteiger charge is -2.33. The highest BCUT2D eigenvalue weighted by atomic mass is 32.2. The largest absolute Gasteiger partial charge is 0.464 e. The lowest BCUT2D eigenvalue weighted by molar-refractivity contribution is -0.196. The average Bonchev–Trinajstić information content (AvgIpc) is 3.36. The molecule has 0 saturated heterocycles. The maximum Gasteiger partial charge on any atom is 0.343 e. The molecule has 0 spiro atoms. The third kappa shape index (κ3) is 7.19. The number of hydrogen-bond donors (Lipinski definition) is 1. The summed E-state index contributed by atoms with van der Waals surface area (Å²) >= 11 is 0.909. The van der Waals surface area contributed by atoms with Crippen molar-refractivity contribution in [1.82, 2.24) is 5.32 Å². The molecule has 0 radical (unpaired) electrons. The molecule has 11 heteroatoms. The molecule has 1 unspecified atom stereocenters. The van der Waals surface area contributed by atoms with E-state index in [9.17, 15) is 14.5 Å². The summed E-state index contributed by atoms with van der Waals surface area (Å²) in [7, 11) is 0. The number of benzene rings is 2. The van der Waals surface area contributed by atoms with Gasteiger partial charge < -0.3 is 15.0 Å². The average molecular weight is 501 g/mol. The molecule has 1 N–H and O–H groups in total. The number of aryl methyl sites for hydroxylation is 1. The van der Waals surface area contributed by atoms with Crippen LogP contribution in [0, 0.1) is 11.8 Å². The van der Waals surface area contributed by atoms with Gasteiger partial charge in [-0.05, 0) is 51.5 Å². The third-order valence-electron chi connectivity index (χ3n) is 5.26. The number of nitrogens with one attached hydrogen (secondary N) is 1. The number of nitrogens with zero attached hydrogens (tertiary/aromatic N) is 3. The van der Waals surface area contributed by atoms with E-state index in [1.54, 1.807) is 29.2 Å². The van der Waals surface area contributed by atoms with Crippen LogP contribution in [-0.4, -0.2) is 48.8 Å². The van der Waals surface area contributed by atoms with Crippen molar-refractivity contribution in [1.29, 1.82) is 0 Å². The molecule has 35 heavy (non-hydrogen) atoms. The molecule has 2 aromatic rings. The van der Waals surface area contributed by atoms with Crippen molar-refractivity contribution in [3.8, 4) is 5.75 Å². The van der Waals surface area contributed by atoms with Crippen LogP contribution in [0.5, 0.6) is 5.75 Å². The van der Waals surface area contributed by atoms with E-state index in [4.69, 9.17) is 9.62 Å². The van der Waals surface area contributed by atoms with Crippen LogP contribution < -0.4 is 15.1 Å². The summed E-state index contributed by atoms with van der Waals surface area (Å²) in [5.74, 6) is 0.253. The zero-order chi connectivity index (χ0) is 25.3. The highest BCUT2D eigenvalue weighted by Crippen LogP contribution is 2.33. The van der Waals surface area contributed by atoms with Crippen molar-refractivity contribution in [3.63, 3.8) is 0 Å². The van der Waals surface area contributed by atoms with Gasteiger partial charge in [0.15, 0.2) is 11.8 Å². The molecule has 0 fully saturated rings. The molecule has 0 bridgehead atoms. The Morgan fingerprint density at radius 2 is 2.03 bits per heavy atom. The SMILES string of the molecule is Cc1ccc(N(c2cccc(OOC=O)c2)C(C(=O)OCCC(C)(C)SN=O)C2=NCCN2)cc1. The lowest BCUT2D eigenvalue weighted by Crippen LogP contribution is -2.49. The van der Waals surface area contributed by atoms with E-state index >= 15 is 0 Å². The smallest absolute Gasteiger partial charge is 0.343 e. The first-order valence-corrected chi connectivity index (χ1v) is 11.8. The lowest BCUT2D eigenvalue weighted by atomic mass is 10.1. The molecule has 1 aliphatic rings. The summed E-state index contributed by atoms with van der Waals surface area (Å²) in [5.41, 5.74) is 2.38. The van der Waals surface area contributed by atoms with Gasteiger partial charge in [0, 0.05) is 45.3 Å². The second-order valence-electron chi connectivity index (χ2n) is 8.42. The van der Waals surface area contributed by atoms with Crippen LogP contribution in [0.4, 0.5) is 11.4 Å². The first kappa shape index (κ1) is 26.0. The van der Waals surface area contributed by atoms with Gasteiger partial charge in [0.05, 0.1) is 13.2 Å². The first-order valence-electron chi connectivity index (χ1n) is 11.0. The first-order chi connectivity index (χ1) is 16.8. The van der Waals surface area contributed by atoms with Crippen LogP contribution in [0.2, 0.25) is 0 Å². The summed E-state index contributed by atoms with van der Waals surface area (Å²) in [5, 5.41) is 3.19. The number of carbonyl (C=O) groups is 2. The number of hydrogen-bond acceptors (Lipinski definition) is 11. The van der Waals surface area contributed by atoms with Crippen molar-refractivity contribution in [2.45, 2.75) is 38.0 Å².